The molecule has 24 heavy (non-hydrogen) atoms. The molecule has 1 aromatic heterocycles. The predicted molar refractivity (Wildman–Crippen MR) is 90.8 cm³/mol. The monoisotopic (exact) mass is 328 g/mol. The molecule has 2 heterocycles. The maximum atomic E-state index is 12.1. The molecule has 1 aromatic carbocycles. The minimum atomic E-state index is -0.116. The van der Waals surface area contributed by atoms with Crippen molar-refractivity contribution in [3.05, 3.63) is 41.5 Å². The molecule has 2 aromatic rings. The molecule has 128 valence electrons. The molecule has 0 aliphatic carbocycles. The molecule has 1 aliphatic rings. The molecule has 0 radical (unpaired) electrons. The number of carbonyl (C=O) groups is 1. The molecule has 6 heteroatoms. The highest BCUT2D eigenvalue weighted by atomic mass is 16.5. The van der Waals surface area contributed by atoms with Gasteiger partial charge in [0.2, 0.25) is 5.91 Å². The Morgan fingerprint density at radius 2 is 2.29 bits per heavy atom. The molecule has 0 unspecified atom stereocenters. The first kappa shape index (κ1) is 16.5. The van der Waals surface area contributed by atoms with Crippen LogP contribution >= 0.6 is 0 Å². The zero-order valence-corrected chi connectivity index (χ0v) is 14.3. The summed E-state index contributed by atoms with van der Waals surface area (Å²) in [6.07, 6.45) is 3.21. The van der Waals surface area contributed by atoms with Crippen molar-refractivity contribution in [3.8, 4) is 5.75 Å². The smallest absolute Gasteiger partial charge is 0.220 e. The molecule has 0 saturated carbocycles. The fourth-order valence-electron chi connectivity index (χ4n) is 3.00. The van der Waals surface area contributed by atoms with Crippen molar-refractivity contribution in [2.45, 2.75) is 52.1 Å². The van der Waals surface area contributed by atoms with Crippen molar-refractivity contribution in [1.29, 1.82) is 0 Å². The average Bonchev–Trinajstić information content (AvgIpc) is 3.14. The van der Waals surface area contributed by atoms with Gasteiger partial charge >= 0.3 is 0 Å². The van der Waals surface area contributed by atoms with E-state index in [0.717, 1.165) is 36.8 Å². The average molecular weight is 328 g/mol. The number of ether oxygens (including phenoxy) is 1. The topological polar surface area (TPSA) is 69.0 Å². The van der Waals surface area contributed by atoms with Crippen LogP contribution in [-0.4, -0.2) is 27.3 Å². The van der Waals surface area contributed by atoms with E-state index in [9.17, 15) is 4.79 Å². The van der Waals surface area contributed by atoms with Gasteiger partial charge in [0.1, 0.15) is 11.6 Å². The summed E-state index contributed by atoms with van der Waals surface area (Å²) in [5, 5.41) is 11.4. The Balaban J connectivity index is 1.41. The van der Waals surface area contributed by atoms with Gasteiger partial charge in [-0.3, -0.25) is 4.79 Å². The second-order valence-electron chi connectivity index (χ2n) is 6.29. The Morgan fingerprint density at radius 3 is 3.12 bits per heavy atom. The Bertz CT molecular complexity index is 711. The van der Waals surface area contributed by atoms with E-state index in [1.54, 1.807) is 0 Å². The third-order valence-electron chi connectivity index (χ3n) is 4.21. The molecule has 0 fully saturated rings. The molecule has 0 spiro atoms. The number of benzene rings is 1. The second-order valence-corrected chi connectivity index (χ2v) is 6.29. The maximum absolute atomic E-state index is 12.1. The summed E-state index contributed by atoms with van der Waals surface area (Å²) in [4.78, 5) is 12.1. The Labute approximate surface area is 142 Å². The van der Waals surface area contributed by atoms with Crippen LogP contribution in [0.15, 0.2) is 24.3 Å². The summed E-state index contributed by atoms with van der Waals surface area (Å²) in [6.45, 7) is 5.47. The van der Waals surface area contributed by atoms with E-state index < -0.39 is 0 Å². The lowest BCUT2D eigenvalue weighted by atomic mass is 10.2. The number of nitrogens with zero attached hydrogens (tertiary/aromatic N) is 3. The number of nitrogens with one attached hydrogen (secondary N) is 1. The van der Waals surface area contributed by atoms with Gasteiger partial charge in [-0.25, -0.2) is 0 Å². The second kappa shape index (κ2) is 7.47. The molecule has 0 bridgehead atoms. The van der Waals surface area contributed by atoms with Crippen molar-refractivity contribution in [2.24, 2.45) is 0 Å². The van der Waals surface area contributed by atoms with Gasteiger partial charge < -0.3 is 14.6 Å². The maximum Gasteiger partial charge on any atom is 0.220 e. The number of carbonyl (C=O) groups excluding carboxylic acids is 1. The Kier molecular flexibility index (Phi) is 5.13. The first-order valence-electron chi connectivity index (χ1n) is 8.54. The van der Waals surface area contributed by atoms with Crippen LogP contribution in [0.4, 0.5) is 0 Å². The molecule has 1 atom stereocenters. The fraction of sp³-hybridized carbons (Fsp3) is 0.500. The first-order valence-corrected chi connectivity index (χ1v) is 8.54. The van der Waals surface area contributed by atoms with Crippen LogP contribution in [0, 0.1) is 6.92 Å². The number of rotatable bonds is 7. The Morgan fingerprint density at radius 1 is 1.42 bits per heavy atom. The van der Waals surface area contributed by atoms with E-state index >= 15 is 0 Å². The number of hydrogen-bond donors (Lipinski definition) is 1. The third kappa shape index (κ3) is 3.93. The van der Waals surface area contributed by atoms with Crippen LogP contribution in [0.25, 0.3) is 0 Å². The highest BCUT2D eigenvalue weighted by Gasteiger charge is 2.22. The summed E-state index contributed by atoms with van der Waals surface area (Å²) < 4.78 is 7.79. The van der Waals surface area contributed by atoms with Gasteiger partial charge in [0, 0.05) is 19.4 Å². The fourth-order valence-corrected chi connectivity index (χ4v) is 3.00. The molecule has 1 amide bonds. The third-order valence-corrected chi connectivity index (χ3v) is 4.21. The summed E-state index contributed by atoms with van der Waals surface area (Å²) in [5.41, 5.74) is 1.17. The molecular formula is C18H24N4O2. The van der Waals surface area contributed by atoms with E-state index in [1.165, 1.54) is 5.56 Å². The van der Waals surface area contributed by atoms with Crippen LogP contribution in [0.2, 0.25) is 0 Å². The predicted octanol–water partition coefficient (Wildman–Crippen LogP) is 2.57. The molecule has 3 rings (SSSR count). The van der Waals surface area contributed by atoms with Gasteiger partial charge in [0.25, 0.3) is 0 Å². The van der Waals surface area contributed by atoms with E-state index in [2.05, 4.69) is 20.1 Å². The van der Waals surface area contributed by atoms with Crippen molar-refractivity contribution in [3.63, 3.8) is 0 Å². The standard InChI is InChI=1S/C18H24N4O2/c1-13-6-3-7-15(12-13)24-11-5-9-17(23)19-14(2)18-21-20-16-8-4-10-22(16)18/h3,6-7,12,14H,4-5,8-11H2,1-2H3,(H,19,23)/t14-/m1/s1. The van der Waals surface area contributed by atoms with Crippen molar-refractivity contribution in [2.75, 3.05) is 6.61 Å². The van der Waals surface area contributed by atoms with E-state index in [1.807, 2.05) is 38.1 Å². The molecule has 6 nitrogen and oxygen atoms in total. The molecular weight excluding hydrogens is 304 g/mol. The molecule has 1 N–H and O–H groups in total. The lowest BCUT2D eigenvalue weighted by Gasteiger charge is -2.14. The van der Waals surface area contributed by atoms with Gasteiger partial charge in [0.05, 0.1) is 12.6 Å². The van der Waals surface area contributed by atoms with Crippen LogP contribution in [0.1, 0.15) is 49.4 Å². The molecule has 1 aliphatic heterocycles. The Hall–Kier alpha value is -2.37. The summed E-state index contributed by atoms with van der Waals surface area (Å²) >= 11 is 0. The van der Waals surface area contributed by atoms with Crippen LogP contribution in [0.3, 0.4) is 0 Å². The van der Waals surface area contributed by atoms with Gasteiger partial charge in [0.15, 0.2) is 5.82 Å². The minimum Gasteiger partial charge on any atom is -0.494 e. The van der Waals surface area contributed by atoms with Crippen LogP contribution in [0.5, 0.6) is 5.75 Å². The number of amides is 1. The lowest BCUT2D eigenvalue weighted by Crippen LogP contribution is -2.28. The lowest BCUT2D eigenvalue weighted by molar-refractivity contribution is -0.122. The van der Waals surface area contributed by atoms with E-state index in [-0.39, 0.29) is 11.9 Å². The van der Waals surface area contributed by atoms with Gasteiger partial charge in [-0.15, -0.1) is 10.2 Å². The number of hydrogen-bond acceptors (Lipinski definition) is 4. The number of aryl methyl sites for hydroxylation is 2. The van der Waals surface area contributed by atoms with Crippen molar-refractivity contribution >= 4 is 5.91 Å². The van der Waals surface area contributed by atoms with E-state index in [4.69, 9.17) is 4.74 Å². The highest BCUT2D eigenvalue weighted by molar-refractivity contribution is 5.76. The van der Waals surface area contributed by atoms with Crippen molar-refractivity contribution < 1.29 is 9.53 Å². The van der Waals surface area contributed by atoms with Gasteiger partial charge in [-0.05, 0) is 44.4 Å². The van der Waals surface area contributed by atoms with Gasteiger partial charge in [-0.2, -0.15) is 0 Å². The minimum absolute atomic E-state index is 0.0192. The van der Waals surface area contributed by atoms with Crippen LogP contribution < -0.4 is 10.1 Å². The first-order chi connectivity index (χ1) is 11.6. The summed E-state index contributed by atoms with van der Waals surface area (Å²) in [6, 6.07) is 7.81. The SMILES string of the molecule is Cc1cccc(OCCCC(=O)N[C@H](C)c2nnc3n2CCC3)c1. The van der Waals surface area contributed by atoms with Crippen molar-refractivity contribution in [1.82, 2.24) is 20.1 Å². The number of aromatic nitrogens is 3. The summed E-state index contributed by atoms with van der Waals surface area (Å²) in [5.74, 6) is 2.75. The number of fused-ring (bicyclic) bond motifs is 1. The van der Waals surface area contributed by atoms with Crippen LogP contribution in [-0.2, 0) is 17.8 Å². The highest BCUT2D eigenvalue weighted by Crippen LogP contribution is 2.19. The zero-order chi connectivity index (χ0) is 16.9. The normalized spacial score (nSPS) is 14.2. The van der Waals surface area contributed by atoms with Gasteiger partial charge in [-0.1, -0.05) is 12.1 Å². The van der Waals surface area contributed by atoms with E-state index in [0.29, 0.717) is 19.4 Å². The summed E-state index contributed by atoms with van der Waals surface area (Å²) in [7, 11) is 0. The quantitative estimate of drug-likeness (QED) is 0.793. The largest absolute Gasteiger partial charge is 0.494 e. The molecule has 0 saturated heterocycles. The zero-order valence-electron chi connectivity index (χ0n) is 14.3.